The Kier molecular flexibility index (Phi) is 3.99. The van der Waals surface area contributed by atoms with Gasteiger partial charge in [-0.25, -0.2) is 0 Å². The Morgan fingerprint density at radius 3 is 2.55 bits per heavy atom. The second-order valence-electron chi connectivity index (χ2n) is 7.08. The van der Waals surface area contributed by atoms with Crippen molar-refractivity contribution < 1.29 is 4.74 Å². The maximum absolute atomic E-state index is 6.81. The van der Waals surface area contributed by atoms with Gasteiger partial charge in [0.1, 0.15) is 5.75 Å². The highest BCUT2D eigenvalue weighted by Crippen LogP contribution is 2.43. The lowest BCUT2D eigenvalue weighted by molar-refractivity contribution is 0.291. The quantitative estimate of drug-likeness (QED) is 0.509. The molecule has 0 saturated heterocycles. The van der Waals surface area contributed by atoms with Gasteiger partial charge in [0.25, 0.3) is 0 Å². The molecular formula is C18H25ClO. The van der Waals surface area contributed by atoms with Crippen molar-refractivity contribution in [2.45, 2.75) is 63.2 Å². The number of hydrogen-bond donors (Lipinski definition) is 0. The zero-order chi connectivity index (χ0) is 14.2. The molecule has 1 fully saturated rings. The van der Waals surface area contributed by atoms with Crippen LogP contribution in [0.4, 0.5) is 0 Å². The fourth-order valence-corrected chi connectivity index (χ4v) is 3.97. The van der Waals surface area contributed by atoms with E-state index in [0.717, 1.165) is 12.4 Å². The van der Waals surface area contributed by atoms with Crippen LogP contribution in [0.15, 0.2) is 18.2 Å². The molecule has 20 heavy (non-hydrogen) atoms. The van der Waals surface area contributed by atoms with Crippen LogP contribution in [0.1, 0.15) is 68.9 Å². The maximum Gasteiger partial charge on any atom is 0.123 e. The summed E-state index contributed by atoms with van der Waals surface area (Å²) in [6.07, 6.45) is 8.01. The van der Waals surface area contributed by atoms with E-state index in [2.05, 4.69) is 32.0 Å². The fourth-order valence-electron chi connectivity index (χ4n) is 3.59. The van der Waals surface area contributed by atoms with Gasteiger partial charge in [0.05, 0.1) is 12.0 Å². The lowest BCUT2D eigenvalue weighted by Crippen LogP contribution is -2.18. The molecule has 0 N–H and O–H groups in total. The van der Waals surface area contributed by atoms with Crippen LogP contribution in [0.25, 0.3) is 0 Å². The van der Waals surface area contributed by atoms with Crippen molar-refractivity contribution >= 4 is 11.6 Å². The predicted molar refractivity (Wildman–Crippen MR) is 84.7 cm³/mol. The van der Waals surface area contributed by atoms with E-state index in [9.17, 15) is 0 Å². The molecule has 1 aliphatic carbocycles. The summed E-state index contributed by atoms with van der Waals surface area (Å²) in [6, 6.07) is 6.58. The molecule has 1 heterocycles. The van der Waals surface area contributed by atoms with Gasteiger partial charge in [0.2, 0.25) is 0 Å². The smallest absolute Gasteiger partial charge is 0.123 e. The van der Waals surface area contributed by atoms with Gasteiger partial charge in [-0.1, -0.05) is 45.6 Å². The molecule has 2 aliphatic rings. The first-order chi connectivity index (χ1) is 9.58. The van der Waals surface area contributed by atoms with Crippen molar-refractivity contribution in [3.63, 3.8) is 0 Å². The summed E-state index contributed by atoms with van der Waals surface area (Å²) < 4.78 is 5.77. The number of fused-ring (bicyclic) bond motifs is 1. The van der Waals surface area contributed by atoms with Crippen molar-refractivity contribution in [1.82, 2.24) is 0 Å². The van der Waals surface area contributed by atoms with Crippen LogP contribution >= 0.6 is 11.6 Å². The molecule has 1 atom stereocenters. The van der Waals surface area contributed by atoms with Gasteiger partial charge in [-0.2, -0.15) is 0 Å². The molecule has 1 unspecified atom stereocenters. The molecule has 3 rings (SSSR count). The minimum absolute atomic E-state index is 0.116. The molecule has 0 aromatic heterocycles. The molecule has 0 spiro atoms. The van der Waals surface area contributed by atoms with Gasteiger partial charge in [0.15, 0.2) is 0 Å². The minimum atomic E-state index is 0.116. The Morgan fingerprint density at radius 2 is 1.85 bits per heavy atom. The lowest BCUT2D eigenvalue weighted by atomic mass is 9.84. The highest BCUT2D eigenvalue weighted by molar-refractivity contribution is 6.21. The fraction of sp³-hybridized carbons (Fsp3) is 0.667. The Morgan fingerprint density at radius 1 is 1.15 bits per heavy atom. The topological polar surface area (TPSA) is 9.23 Å². The second-order valence-corrected chi connectivity index (χ2v) is 7.55. The van der Waals surface area contributed by atoms with E-state index in [0.29, 0.717) is 5.92 Å². The van der Waals surface area contributed by atoms with Crippen molar-refractivity contribution in [2.75, 3.05) is 6.61 Å². The molecular weight excluding hydrogens is 268 g/mol. The normalized spacial score (nSPS) is 23.8. The Balaban J connectivity index is 1.83. The van der Waals surface area contributed by atoms with Crippen molar-refractivity contribution in [3.8, 4) is 5.75 Å². The van der Waals surface area contributed by atoms with Crippen LogP contribution < -0.4 is 4.74 Å². The highest BCUT2D eigenvalue weighted by atomic mass is 35.5. The first-order valence-corrected chi connectivity index (χ1v) is 8.43. The van der Waals surface area contributed by atoms with Crippen molar-refractivity contribution in [3.05, 3.63) is 29.3 Å². The molecule has 1 aliphatic heterocycles. The van der Waals surface area contributed by atoms with E-state index in [1.54, 1.807) is 0 Å². The summed E-state index contributed by atoms with van der Waals surface area (Å²) >= 11 is 6.81. The molecule has 0 radical (unpaired) electrons. The molecule has 1 aromatic rings. The minimum Gasteiger partial charge on any atom is -0.492 e. The summed E-state index contributed by atoms with van der Waals surface area (Å²) in [5.41, 5.74) is 2.73. The number of hydrogen-bond acceptors (Lipinski definition) is 1. The molecule has 110 valence electrons. The Hall–Kier alpha value is -0.690. The van der Waals surface area contributed by atoms with E-state index in [1.807, 2.05) is 0 Å². The Labute approximate surface area is 127 Å². The van der Waals surface area contributed by atoms with Crippen LogP contribution in [-0.4, -0.2) is 6.61 Å². The van der Waals surface area contributed by atoms with E-state index >= 15 is 0 Å². The molecule has 2 heteroatoms. The van der Waals surface area contributed by atoms with Gasteiger partial charge in [-0.15, -0.1) is 11.6 Å². The average Bonchev–Trinajstić information content (AvgIpc) is 2.64. The van der Waals surface area contributed by atoms with Crippen molar-refractivity contribution in [1.29, 1.82) is 0 Å². The first-order valence-electron chi connectivity index (χ1n) is 7.99. The SMILES string of the molecule is CC1(C)COc2ccc(C(Cl)C3CCCCCC3)cc21. The molecule has 1 aromatic carbocycles. The predicted octanol–water partition coefficient (Wildman–Crippen LogP) is 5.61. The van der Waals surface area contributed by atoms with Crippen LogP contribution in [0, 0.1) is 5.92 Å². The highest BCUT2D eigenvalue weighted by Gasteiger charge is 2.33. The first kappa shape index (κ1) is 14.3. The Bertz CT molecular complexity index is 472. The van der Waals surface area contributed by atoms with Gasteiger partial charge >= 0.3 is 0 Å². The van der Waals surface area contributed by atoms with Crippen LogP contribution in [0.2, 0.25) is 0 Å². The molecule has 1 saturated carbocycles. The zero-order valence-electron chi connectivity index (χ0n) is 12.6. The van der Waals surface area contributed by atoms with Gasteiger partial charge in [-0.3, -0.25) is 0 Å². The number of halogens is 1. The molecule has 0 bridgehead atoms. The van der Waals surface area contributed by atoms with E-state index < -0.39 is 0 Å². The number of alkyl halides is 1. The second kappa shape index (κ2) is 5.60. The standard InChI is InChI=1S/C18H25ClO/c1-18(2)12-20-16-10-9-14(11-15(16)18)17(19)13-7-5-3-4-6-8-13/h9-11,13,17H,3-8,12H2,1-2H3. The summed E-state index contributed by atoms with van der Waals surface area (Å²) in [6.45, 7) is 5.27. The number of benzene rings is 1. The molecule has 1 nitrogen and oxygen atoms in total. The van der Waals surface area contributed by atoms with Crippen LogP contribution in [-0.2, 0) is 5.41 Å². The monoisotopic (exact) mass is 292 g/mol. The van der Waals surface area contributed by atoms with Crippen LogP contribution in [0.5, 0.6) is 5.75 Å². The van der Waals surface area contributed by atoms with Gasteiger partial charge < -0.3 is 4.74 Å². The lowest BCUT2D eigenvalue weighted by Gasteiger charge is -2.22. The van der Waals surface area contributed by atoms with E-state index in [1.165, 1.54) is 49.7 Å². The summed E-state index contributed by atoms with van der Waals surface area (Å²) in [7, 11) is 0. The number of ether oxygens (including phenoxy) is 1. The van der Waals surface area contributed by atoms with Crippen molar-refractivity contribution in [2.24, 2.45) is 5.92 Å². The maximum atomic E-state index is 6.81. The number of rotatable bonds is 2. The van der Waals surface area contributed by atoms with E-state index in [4.69, 9.17) is 16.3 Å². The average molecular weight is 293 g/mol. The molecule has 0 amide bonds. The summed E-state index contributed by atoms with van der Waals surface area (Å²) in [4.78, 5) is 0. The van der Waals surface area contributed by atoms with Crippen LogP contribution in [0.3, 0.4) is 0 Å². The van der Waals surface area contributed by atoms with Gasteiger partial charge in [0, 0.05) is 11.0 Å². The third-order valence-electron chi connectivity index (χ3n) is 4.95. The largest absolute Gasteiger partial charge is 0.492 e. The third kappa shape index (κ3) is 2.70. The summed E-state index contributed by atoms with van der Waals surface area (Å²) in [5, 5.41) is 0.162. The third-order valence-corrected chi connectivity index (χ3v) is 5.56. The summed E-state index contributed by atoms with van der Waals surface area (Å²) in [5.74, 6) is 1.69. The van der Waals surface area contributed by atoms with Gasteiger partial charge in [-0.05, 0) is 36.5 Å². The van der Waals surface area contributed by atoms with E-state index in [-0.39, 0.29) is 10.8 Å². The zero-order valence-corrected chi connectivity index (χ0v) is 13.4.